The molecule has 8 heteroatoms. The van der Waals surface area contributed by atoms with E-state index in [0.717, 1.165) is 4.90 Å². The van der Waals surface area contributed by atoms with Gasteiger partial charge in [-0.3, -0.25) is 24.1 Å². The summed E-state index contributed by atoms with van der Waals surface area (Å²) in [6, 6.07) is 10.9. The van der Waals surface area contributed by atoms with E-state index >= 15 is 0 Å². The smallest absolute Gasteiger partial charge is 0.308 e. The monoisotopic (exact) mass is 401 g/mol. The molecule has 0 atom stereocenters. The van der Waals surface area contributed by atoms with Crippen molar-refractivity contribution in [3.05, 3.63) is 64.2 Å². The number of rotatable bonds is 7. The Morgan fingerprint density at radius 1 is 1.04 bits per heavy atom. The number of esters is 1. The van der Waals surface area contributed by atoms with Gasteiger partial charge < -0.3 is 9.47 Å². The summed E-state index contributed by atoms with van der Waals surface area (Å²) in [6.07, 6.45) is -0.206. The number of hydrogen-bond acceptors (Lipinski definition) is 6. The molecule has 2 aromatic carbocycles. The fourth-order valence-electron chi connectivity index (χ4n) is 2.79. The van der Waals surface area contributed by atoms with Gasteiger partial charge in [-0.1, -0.05) is 23.7 Å². The molecule has 0 unspecified atom stereocenters. The number of hydrogen-bond donors (Lipinski definition) is 0. The molecule has 0 N–H and O–H groups in total. The van der Waals surface area contributed by atoms with E-state index in [1.165, 1.54) is 19.2 Å². The molecule has 1 heterocycles. The number of ether oxygens (including phenoxy) is 2. The van der Waals surface area contributed by atoms with Gasteiger partial charge in [0.25, 0.3) is 11.8 Å². The number of Topliss-reactive ketones (excluding diaryl/α,β-unsaturated/α-hetero) is 1. The van der Waals surface area contributed by atoms with Gasteiger partial charge in [0.15, 0.2) is 12.4 Å². The third-order valence-corrected chi connectivity index (χ3v) is 4.55. The van der Waals surface area contributed by atoms with E-state index in [1.54, 1.807) is 30.3 Å². The van der Waals surface area contributed by atoms with Crippen molar-refractivity contribution >= 4 is 35.2 Å². The highest BCUT2D eigenvalue weighted by atomic mass is 35.5. The van der Waals surface area contributed by atoms with Gasteiger partial charge >= 0.3 is 5.97 Å². The Morgan fingerprint density at radius 2 is 1.68 bits per heavy atom. The number of amides is 2. The minimum Gasteiger partial charge on any atom is -0.495 e. The third kappa shape index (κ3) is 3.89. The highest BCUT2D eigenvalue weighted by Crippen LogP contribution is 2.25. The van der Waals surface area contributed by atoms with Crippen molar-refractivity contribution in [1.82, 2.24) is 4.90 Å². The standard InChI is InChI=1S/C20H16ClNO6/c1-27-17-7-6-12(10-15(17)21)16(23)11-28-18(24)8-9-22-19(25)13-4-2-3-5-14(13)20(22)26/h2-7,10H,8-9,11H2,1H3. The Hall–Kier alpha value is -3.19. The molecule has 0 fully saturated rings. The topological polar surface area (TPSA) is 90.0 Å². The lowest BCUT2D eigenvalue weighted by Crippen LogP contribution is -2.32. The molecule has 2 aromatic rings. The van der Waals surface area contributed by atoms with E-state index < -0.39 is 30.2 Å². The van der Waals surface area contributed by atoms with Crippen LogP contribution in [0.25, 0.3) is 0 Å². The predicted octanol–water partition coefficient (Wildman–Crippen LogP) is 2.76. The lowest BCUT2D eigenvalue weighted by atomic mass is 10.1. The fourth-order valence-corrected chi connectivity index (χ4v) is 3.04. The molecule has 7 nitrogen and oxygen atoms in total. The molecule has 28 heavy (non-hydrogen) atoms. The summed E-state index contributed by atoms with van der Waals surface area (Å²) in [5.74, 6) is -1.59. The second-order valence-corrected chi connectivity index (χ2v) is 6.40. The SMILES string of the molecule is COc1ccc(C(=O)COC(=O)CCN2C(=O)c3ccccc3C2=O)cc1Cl. The molecule has 0 saturated heterocycles. The van der Waals surface area contributed by atoms with Gasteiger partial charge in [0, 0.05) is 12.1 Å². The van der Waals surface area contributed by atoms with Crippen LogP contribution in [0.3, 0.4) is 0 Å². The van der Waals surface area contributed by atoms with Crippen molar-refractivity contribution in [2.75, 3.05) is 20.3 Å². The van der Waals surface area contributed by atoms with Crippen LogP contribution in [-0.2, 0) is 9.53 Å². The van der Waals surface area contributed by atoms with Crippen LogP contribution in [0.5, 0.6) is 5.75 Å². The number of carbonyl (C=O) groups excluding carboxylic acids is 4. The number of carbonyl (C=O) groups is 4. The largest absolute Gasteiger partial charge is 0.495 e. The Kier molecular flexibility index (Phi) is 5.75. The van der Waals surface area contributed by atoms with Crippen molar-refractivity contribution in [1.29, 1.82) is 0 Å². The molecule has 2 amide bonds. The minimum atomic E-state index is -0.690. The summed E-state index contributed by atoms with van der Waals surface area (Å²) in [5.41, 5.74) is 0.902. The van der Waals surface area contributed by atoms with Gasteiger partial charge in [0.2, 0.25) is 0 Å². The summed E-state index contributed by atoms with van der Waals surface area (Å²) in [7, 11) is 1.46. The van der Waals surface area contributed by atoms with Crippen LogP contribution in [-0.4, -0.2) is 48.7 Å². The average molecular weight is 402 g/mol. The number of methoxy groups -OCH3 is 1. The van der Waals surface area contributed by atoms with Gasteiger partial charge in [0.05, 0.1) is 29.7 Å². The highest BCUT2D eigenvalue weighted by molar-refractivity contribution is 6.32. The lowest BCUT2D eigenvalue weighted by Gasteiger charge is -2.13. The Labute approximate surface area is 165 Å². The van der Waals surface area contributed by atoms with Crippen LogP contribution in [0.2, 0.25) is 5.02 Å². The summed E-state index contributed by atoms with van der Waals surface area (Å²) in [5, 5.41) is 0.269. The zero-order valence-corrected chi connectivity index (χ0v) is 15.7. The van der Waals surface area contributed by atoms with E-state index in [1.807, 2.05) is 0 Å². The predicted molar refractivity (Wildman–Crippen MR) is 99.7 cm³/mol. The van der Waals surface area contributed by atoms with Crippen LogP contribution in [0.1, 0.15) is 37.5 Å². The highest BCUT2D eigenvalue weighted by Gasteiger charge is 2.35. The maximum atomic E-state index is 12.2. The quantitative estimate of drug-likeness (QED) is 0.402. The van der Waals surface area contributed by atoms with Gasteiger partial charge in [0.1, 0.15) is 5.75 Å². The number of imide groups is 1. The molecule has 0 radical (unpaired) electrons. The van der Waals surface area contributed by atoms with E-state index in [9.17, 15) is 19.2 Å². The average Bonchev–Trinajstić information content (AvgIpc) is 2.95. The molecule has 3 rings (SSSR count). The van der Waals surface area contributed by atoms with Crippen LogP contribution >= 0.6 is 11.6 Å². The normalized spacial score (nSPS) is 12.7. The Bertz CT molecular complexity index is 936. The van der Waals surface area contributed by atoms with Gasteiger partial charge in [-0.2, -0.15) is 0 Å². The lowest BCUT2D eigenvalue weighted by molar-refractivity contribution is -0.142. The van der Waals surface area contributed by atoms with E-state index in [4.69, 9.17) is 21.1 Å². The second-order valence-electron chi connectivity index (χ2n) is 5.99. The molecule has 0 bridgehead atoms. The van der Waals surface area contributed by atoms with Crippen molar-refractivity contribution in [2.24, 2.45) is 0 Å². The first kappa shape index (κ1) is 19.6. The van der Waals surface area contributed by atoms with Crippen molar-refractivity contribution < 1.29 is 28.7 Å². The van der Waals surface area contributed by atoms with Crippen LogP contribution in [0, 0.1) is 0 Å². The third-order valence-electron chi connectivity index (χ3n) is 4.26. The number of nitrogens with zero attached hydrogens (tertiary/aromatic N) is 1. The van der Waals surface area contributed by atoms with Gasteiger partial charge in [-0.25, -0.2) is 0 Å². The number of ketones is 1. The van der Waals surface area contributed by atoms with Gasteiger partial charge in [-0.15, -0.1) is 0 Å². The van der Waals surface area contributed by atoms with Crippen molar-refractivity contribution in [3.8, 4) is 5.75 Å². The maximum absolute atomic E-state index is 12.2. The zero-order chi connectivity index (χ0) is 20.3. The molecule has 1 aliphatic rings. The van der Waals surface area contributed by atoms with Crippen molar-refractivity contribution in [2.45, 2.75) is 6.42 Å². The van der Waals surface area contributed by atoms with E-state index in [0.29, 0.717) is 16.9 Å². The van der Waals surface area contributed by atoms with Crippen LogP contribution in [0.15, 0.2) is 42.5 Å². The zero-order valence-electron chi connectivity index (χ0n) is 14.9. The first-order valence-electron chi connectivity index (χ1n) is 8.40. The fraction of sp³-hybridized carbons (Fsp3) is 0.200. The molecular formula is C20H16ClNO6. The molecule has 1 aliphatic heterocycles. The summed E-state index contributed by atoms with van der Waals surface area (Å²) in [6.45, 7) is -0.586. The molecule has 0 saturated carbocycles. The molecule has 0 aromatic heterocycles. The molecule has 0 spiro atoms. The molecule has 144 valence electrons. The number of halogens is 1. The van der Waals surface area contributed by atoms with Crippen LogP contribution in [0.4, 0.5) is 0 Å². The molecule has 0 aliphatic carbocycles. The Morgan fingerprint density at radius 3 is 2.25 bits per heavy atom. The van der Waals surface area contributed by atoms with E-state index in [2.05, 4.69) is 0 Å². The molecular weight excluding hydrogens is 386 g/mol. The summed E-state index contributed by atoms with van der Waals surface area (Å²) >= 11 is 5.97. The maximum Gasteiger partial charge on any atom is 0.308 e. The van der Waals surface area contributed by atoms with E-state index in [-0.39, 0.29) is 23.6 Å². The first-order chi connectivity index (χ1) is 13.4. The Balaban J connectivity index is 1.51. The summed E-state index contributed by atoms with van der Waals surface area (Å²) < 4.78 is 9.96. The van der Waals surface area contributed by atoms with Crippen LogP contribution < -0.4 is 4.74 Å². The second kappa shape index (κ2) is 8.22. The van der Waals surface area contributed by atoms with Gasteiger partial charge in [-0.05, 0) is 30.3 Å². The minimum absolute atomic E-state index is 0.117. The van der Waals surface area contributed by atoms with Crippen molar-refractivity contribution in [3.63, 3.8) is 0 Å². The summed E-state index contributed by atoms with van der Waals surface area (Å²) in [4.78, 5) is 49.5. The number of benzene rings is 2. The first-order valence-corrected chi connectivity index (χ1v) is 8.77. The number of fused-ring (bicyclic) bond motifs is 1.